The van der Waals surface area contributed by atoms with Crippen LogP contribution < -0.4 is 10.1 Å². The number of aromatic amines is 1. The molecule has 1 amide bonds. The zero-order chi connectivity index (χ0) is 28.4. The summed E-state index contributed by atoms with van der Waals surface area (Å²) in [6.07, 6.45) is 4.55. The topological polar surface area (TPSA) is 87.2 Å². The van der Waals surface area contributed by atoms with Gasteiger partial charge in [0.1, 0.15) is 23.5 Å². The fourth-order valence-electron chi connectivity index (χ4n) is 5.51. The highest BCUT2D eigenvalue weighted by molar-refractivity contribution is 5.90. The Morgan fingerprint density at radius 3 is 2.73 bits per heavy atom. The van der Waals surface area contributed by atoms with E-state index in [-0.39, 0.29) is 30.9 Å². The van der Waals surface area contributed by atoms with Crippen LogP contribution in [0.15, 0.2) is 78.4 Å². The molecule has 206 valence electrons. The van der Waals surface area contributed by atoms with Crippen LogP contribution in [-0.2, 0) is 11.2 Å². The summed E-state index contributed by atoms with van der Waals surface area (Å²) in [5.74, 6) is -0.0590. The molecule has 3 N–H and O–H groups in total. The molecule has 2 aromatic heterocycles. The average Bonchev–Trinajstić information content (AvgIpc) is 3.29. The van der Waals surface area contributed by atoms with Gasteiger partial charge in [0.15, 0.2) is 0 Å². The van der Waals surface area contributed by atoms with E-state index in [9.17, 15) is 18.7 Å². The fourth-order valence-corrected chi connectivity index (χ4v) is 5.51. The van der Waals surface area contributed by atoms with Gasteiger partial charge in [0.2, 0.25) is 5.91 Å². The number of halogens is 2. The second kappa shape index (κ2) is 11.3. The van der Waals surface area contributed by atoms with Gasteiger partial charge in [0.05, 0.1) is 25.3 Å². The minimum atomic E-state index is -1.43. The van der Waals surface area contributed by atoms with E-state index in [1.807, 2.05) is 38.1 Å². The Kier molecular flexibility index (Phi) is 7.69. The van der Waals surface area contributed by atoms with Crippen molar-refractivity contribution in [1.29, 1.82) is 0 Å². The van der Waals surface area contributed by atoms with E-state index in [1.54, 1.807) is 37.7 Å². The first-order valence-electron chi connectivity index (χ1n) is 13.1. The molecular weight excluding hydrogens is 512 g/mol. The van der Waals surface area contributed by atoms with Crippen molar-refractivity contribution in [1.82, 2.24) is 15.3 Å². The number of aromatic nitrogens is 2. The summed E-state index contributed by atoms with van der Waals surface area (Å²) in [4.78, 5) is 21.2. The van der Waals surface area contributed by atoms with Crippen molar-refractivity contribution in [3.8, 4) is 22.6 Å². The Hall–Kier alpha value is -4.46. The molecule has 2 atom stereocenters. The highest BCUT2D eigenvalue weighted by Gasteiger charge is 2.26. The van der Waals surface area contributed by atoms with Gasteiger partial charge >= 0.3 is 0 Å². The molecule has 0 fully saturated rings. The third-order valence-electron chi connectivity index (χ3n) is 7.22. The molecule has 2 heterocycles. The van der Waals surface area contributed by atoms with Crippen molar-refractivity contribution in [2.75, 3.05) is 7.11 Å². The second-order valence-corrected chi connectivity index (χ2v) is 10.2. The molecule has 40 heavy (non-hydrogen) atoms. The molecule has 8 heteroatoms. The summed E-state index contributed by atoms with van der Waals surface area (Å²) in [6.45, 7) is 3.97. The van der Waals surface area contributed by atoms with Gasteiger partial charge in [-0.3, -0.25) is 9.78 Å². The number of rotatable bonds is 8. The quantitative estimate of drug-likeness (QED) is 0.226. The SMILES string of the molecule is COc1cc(C)c(-c2cccnc2C(CC2=CC(F)=CC(F)C2)NC(=O)Cc2c[nH]c3ccc(O)cc23)c(C)c1. The van der Waals surface area contributed by atoms with Gasteiger partial charge in [0, 0.05) is 35.3 Å². The average molecular weight is 544 g/mol. The smallest absolute Gasteiger partial charge is 0.225 e. The summed E-state index contributed by atoms with van der Waals surface area (Å²) in [7, 11) is 1.62. The molecule has 0 aliphatic heterocycles. The van der Waals surface area contributed by atoms with E-state index in [4.69, 9.17) is 4.74 Å². The first kappa shape index (κ1) is 27.1. The van der Waals surface area contributed by atoms with Gasteiger partial charge in [-0.15, -0.1) is 0 Å². The number of hydrogen-bond acceptors (Lipinski definition) is 4. The van der Waals surface area contributed by atoms with Crippen molar-refractivity contribution in [3.05, 3.63) is 101 Å². The van der Waals surface area contributed by atoms with Crippen LogP contribution in [0.25, 0.3) is 22.0 Å². The number of H-pyrrole nitrogens is 1. The van der Waals surface area contributed by atoms with Crippen LogP contribution in [0.3, 0.4) is 0 Å². The molecule has 0 saturated heterocycles. The zero-order valence-electron chi connectivity index (χ0n) is 22.6. The van der Waals surface area contributed by atoms with E-state index in [2.05, 4.69) is 15.3 Å². The third-order valence-corrected chi connectivity index (χ3v) is 7.22. The van der Waals surface area contributed by atoms with Crippen LogP contribution >= 0.6 is 0 Å². The lowest BCUT2D eigenvalue weighted by atomic mass is 9.89. The number of ether oxygens (including phenoxy) is 1. The number of nitrogens with one attached hydrogen (secondary N) is 2. The molecule has 0 spiro atoms. The van der Waals surface area contributed by atoms with E-state index in [1.165, 1.54) is 6.08 Å². The van der Waals surface area contributed by atoms with Crippen LogP contribution in [0.4, 0.5) is 8.78 Å². The number of fused-ring (bicyclic) bond motifs is 1. The molecule has 4 aromatic rings. The Balaban J connectivity index is 1.52. The van der Waals surface area contributed by atoms with Crippen LogP contribution in [0.2, 0.25) is 0 Å². The Labute approximate surface area is 231 Å². The number of methoxy groups -OCH3 is 1. The first-order valence-corrected chi connectivity index (χ1v) is 13.1. The number of allylic oxidation sites excluding steroid dienone is 3. The lowest BCUT2D eigenvalue weighted by Crippen LogP contribution is -2.31. The molecule has 6 nitrogen and oxygen atoms in total. The number of pyridine rings is 1. The minimum absolute atomic E-state index is 0.0434. The number of hydrogen-bond donors (Lipinski definition) is 3. The predicted molar refractivity (Wildman–Crippen MR) is 152 cm³/mol. The molecule has 0 bridgehead atoms. The summed E-state index contributed by atoms with van der Waals surface area (Å²) in [5, 5.41) is 13.8. The third kappa shape index (κ3) is 5.76. The van der Waals surface area contributed by atoms with Crippen molar-refractivity contribution < 1.29 is 23.4 Å². The van der Waals surface area contributed by atoms with Crippen LogP contribution in [0, 0.1) is 13.8 Å². The Morgan fingerprint density at radius 2 is 2.00 bits per heavy atom. The molecule has 0 saturated carbocycles. The number of phenolic OH excluding ortho intramolecular Hbond substituents is 1. The molecule has 0 radical (unpaired) electrons. The molecule has 2 aromatic carbocycles. The van der Waals surface area contributed by atoms with E-state index >= 15 is 0 Å². The number of alkyl halides is 1. The van der Waals surface area contributed by atoms with Crippen LogP contribution in [0.1, 0.15) is 41.3 Å². The maximum Gasteiger partial charge on any atom is 0.225 e. The lowest BCUT2D eigenvalue weighted by molar-refractivity contribution is -0.121. The number of aromatic hydroxyl groups is 1. The normalized spacial score (nSPS) is 15.9. The summed E-state index contributed by atoms with van der Waals surface area (Å²) in [5.41, 5.74) is 6.42. The van der Waals surface area contributed by atoms with Gasteiger partial charge in [-0.05, 0) is 91.1 Å². The van der Waals surface area contributed by atoms with Crippen molar-refractivity contribution in [2.45, 2.75) is 45.3 Å². The second-order valence-electron chi connectivity index (χ2n) is 10.2. The zero-order valence-corrected chi connectivity index (χ0v) is 22.6. The van der Waals surface area contributed by atoms with Crippen molar-refractivity contribution >= 4 is 16.8 Å². The molecule has 2 unspecified atom stereocenters. The fraction of sp³-hybridized carbons (Fsp3) is 0.250. The number of carbonyl (C=O) groups excluding carboxylic acids is 1. The minimum Gasteiger partial charge on any atom is -0.508 e. The number of benzene rings is 2. The Morgan fingerprint density at radius 1 is 1.23 bits per heavy atom. The van der Waals surface area contributed by atoms with Gasteiger partial charge < -0.3 is 20.1 Å². The first-order chi connectivity index (χ1) is 19.2. The van der Waals surface area contributed by atoms with E-state index in [0.29, 0.717) is 11.3 Å². The van der Waals surface area contributed by atoms with Gasteiger partial charge in [-0.1, -0.05) is 11.6 Å². The van der Waals surface area contributed by atoms with E-state index < -0.39 is 18.0 Å². The van der Waals surface area contributed by atoms with Gasteiger partial charge in [0.25, 0.3) is 0 Å². The maximum absolute atomic E-state index is 14.3. The lowest BCUT2D eigenvalue weighted by Gasteiger charge is -2.25. The summed E-state index contributed by atoms with van der Waals surface area (Å²) in [6, 6.07) is 12.0. The van der Waals surface area contributed by atoms with Gasteiger partial charge in [-0.25, -0.2) is 8.78 Å². The number of nitrogens with zero attached hydrogens (tertiary/aromatic N) is 1. The summed E-state index contributed by atoms with van der Waals surface area (Å²) >= 11 is 0. The number of carbonyl (C=O) groups is 1. The predicted octanol–water partition coefficient (Wildman–Crippen LogP) is 6.87. The number of phenols is 1. The Bertz CT molecular complexity index is 1620. The number of amides is 1. The van der Waals surface area contributed by atoms with Crippen molar-refractivity contribution in [3.63, 3.8) is 0 Å². The van der Waals surface area contributed by atoms with Crippen LogP contribution in [0.5, 0.6) is 11.5 Å². The van der Waals surface area contributed by atoms with Gasteiger partial charge in [-0.2, -0.15) is 0 Å². The van der Waals surface area contributed by atoms with Crippen LogP contribution in [-0.4, -0.2) is 34.3 Å². The molecule has 1 aliphatic carbocycles. The van der Waals surface area contributed by atoms with E-state index in [0.717, 1.165) is 50.5 Å². The summed E-state index contributed by atoms with van der Waals surface area (Å²) < 4.78 is 33.8. The molecular formula is C32H31F2N3O3. The standard InChI is InChI=1S/C32H31F2N3O3/c1-18-9-25(40-3)10-19(2)31(18)26-5-4-8-35-32(26)29(13-20-11-22(33)15-23(34)12-20)37-30(39)14-21-17-36-28-7-6-24(38)16-27(21)28/h4-11,15-17,23,29,36,38H,12-14H2,1-3H3,(H,37,39). The number of aryl methyl sites for hydroxylation is 2. The monoisotopic (exact) mass is 543 g/mol. The molecule has 1 aliphatic rings. The van der Waals surface area contributed by atoms with Crippen molar-refractivity contribution in [2.24, 2.45) is 0 Å². The molecule has 5 rings (SSSR count). The maximum atomic E-state index is 14.3. The largest absolute Gasteiger partial charge is 0.508 e. The highest BCUT2D eigenvalue weighted by Crippen LogP contribution is 2.37. The highest BCUT2D eigenvalue weighted by atomic mass is 19.1.